The predicted molar refractivity (Wildman–Crippen MR) is 49.0 cm³/mol. The first kappa shape index (κ1) is 9.29. The highest BCUT2D eigenvalue weighted by Crippen LogP contribution is 2.14. The third-order valence-electron chi connectivity index (χ3n) is 1.90. The van der Waals surface area contributed by atoms with Crippen LogP contribution in [0.1, 0.15) is 24.1 Å². The molecule has 3 heteroatoms. The van der Waals surface area contributed by atoms with E-state index in [1.807, 2.05) is 26.2 Å². The zero-order chi connectivity index (χ0) is 8.97. The molecule has 0 aliphatic carbocycles. The summed E-state index contributed by atoms with van der Waals surface area (Å²) in [6.45, 7) is 5.32. The van der Waals surface area contributed by atoms with E-state index in [0.717, 1.165) is 12.2 Å². The Morgan fingerprint density at radius 3 is 2.83 bits per heavy atom. The van der Waals surface area contributed by atoms with Gasteiger partial charge in [0.25, 0.3) is 0 Å². The van der Waals surface area contributed by atoms with E-state index in [2.05, 4.69) is 4.98 Å². The van der Waals surface area contributed by atoms with Crippen molar-refractivity contribution in [1.29, 1.82) is 0 Å². The number of aromatic nitrogens is 1. The quantitative estimate of drug-likeness (QED) is 0.713. The van der Waals surface area contributed by atoms with E-state index in [-0.39, 0.29) is 6.04 Å². The Labute approximate surface area is 72.9 Å². The predicted octanol–water partition coefficient (Wildman–Crippen LogP) is 1.36. The number of rotatable bonds is 4. The number of H-pyrrole nitrogens is 1. The zero-order valence-electron chi connectivity index (χ0n) is 7.63. The van der Waals surface area contributed by atoms with Crippen LogP contribution in [0.5, 0.6) is 0 Å². The summed E-state index contributed by atoms with van der Waals surface area (Å²) in [5, 5.41) is 0. The first-order valence-electron chi connectivity index (χ1n) is 4.22. The smallest absolute Gasteiger partial charge is 0.0659 e. The summed E-state index contributed by atoms with van der Waals surface area (Å²) in [4.78, 5) is 3.02. The van der Waals surface area contributed by atoms with E-state index in [1.54, 1.807) is 0 Å². The topological polar surface area (TPSA) is 51.0 Å². The minimum Gasteiger partial charge on any atom is -0.380 e. The largest absolute Gasteiger partial charge is 0.380 e. The van der Waals surface area contributed by atoms with Gasteiger partial charge in [-0.3, -0.25) is 0 Å². The molecule has 1 atom stereocenters. The Hall–Kier alpha value is -0.800. The molecule has 0 aliphatic rings. The SMILES string of the molecule is CCOC[C@@H](N)c1c[nH]cc1C. The molecule has 3 N–H and O–H groups in total. The standard InChI is InChI=1S/C9H16N2O/c1-3-12-6-9(10)8-5-11-4-7(8)2/h4-5,9,11H,3,6,10H2,1-2H3/t9-/m1/s1. The maximum Gasteiger partial charge on any atom is 0.0659 e. The summed E-state index contributed by atoms with van der Waals surface area (Å²) in [7, 11) is 0. The Morgan fingerprint density at radius 2 is 2.33 bits per heavy atom. The third-order valence-corrected chi connectivity index (χ3v) is 1.90. The Balaban J connectivity index is 2.52. The number of aromatic amines is 1. The van der Waals surface area contributed by atoms with Gasteiger partial charge in [-0.15, -0.1) is 0 Å². The molecule has 0 aliphatic heterocycles. The second-order valence-electron chi connectivity index (χ2n) is 2.86. The molecule has 0 fully saturated rings. The van der Waals surface area contributed by atoms with Gasteiger partial charge in [0, 0.05) is 19.0 Å². The van der Waals surface area contributed by atoms with Gasteiger partial charge >= 0.3 is 0 Å². The van der Waals surface area contributed by atoms with Gasteiger partial charge in [0.2, 0.25) is 0 Å². The van der Waals surface area contributed by atoms with Gasteiger partial charge in [-0.2, -0.15) is 0 Å². The monoisotopic (exact) mass is 168 g/mol. The number of hydrogen-bond acceptors (Lipinski definition) is 2. The van der Waals surface area contributed by atoms with Crippen molar-refractivity contribution >= 4 is 0 Å². The van der Waals surface area contributed by atoms with Crippen molar-refractivity contribution in [2.75, 3.05) is 13.2 Å². The lowest BCUT2D eigenvalue weighted by atomic mass is 10.1. The fourth-order valence-electron chi connectivity index (χ4n) is 1.19. The molecule has 0 amide bonds. The Bertz CT molecular complexity index is 232. The van der Waals surface area contributed by atoms with E-state index in [1.165, 1.54) is 5.56 Å². The number of nitrogens with one attached hydrogen (secondary N) is 1. The van der Waals surface area contributed by atoms with Crippen molar-refractivity contribution < 1.29 is 4.74 Å². The highest BCUT2D eigenvalue weighted by Gasteiger charge is 2.08. The van der Waals surface area contributed by atoms with Crippen molar-refractivity contribution in [3.63, 3.8) is 0 Å². The molecule has 0 saturated heterocycles. The minimum atomic E-state index is -0.00352. The van der Waals surface area contributed by atoms with E-state index >= 15 is 0 Å². The number of ether oxygens (including phenoxy) is 1. The normalized spacial score (nSPS) is 13.2. The van der Waals surface area contributed by atoms with E-state index in [9.17, 15) is 0 Å². The zero-order valence-corrected chi connectivity index (χ0v) is 7.63. The number of hydrogen-bond donors (Lipinski definition) is 2. The van der Waals surface area contributed by atoms with Crippen LogP contribution in [-0.4, -0.2) is 18.2 Å². The van der Waals surface area contributed by atoms with Gasteiger partial charge < -0.3 is 15.5 Å². The lowest BCUT2D eigenvalue weighted by molar-refractivity contribution is 0.133. The van der Waals surface area contributed by atoms with Gasteiger partial charge in [-0.05, 0) is 25.0 Å². The van der Waals surface area contributed by atoms with E-state index in [0.29, 0.717) is 6.61 Å². The molecule has 0 spiro atoms. The Kier molecular flexibility index (Phi) is 3.31. The van der Waals surface area contributed by atoms with Gasteiger partial charge in [-0.25, -0.2) is 0 Å². The molecular formula is C9H16N2O. The molecule has 0 saturated carbocycles. The maximum atomic E-state index is 5.88. The summed E-state index contributed by atoms with van der Waals surface area (Å²) in [5.41, 5.74) is 8.22. The molecule has 0 radical (unpaired) electrons. The first-order chi connectivity index (χ1) is 5.75. The molecule has 0 unspecified atom stereocenters. The lowest BCUT2D eigenvalue weighted by Gasteiger charge is -2.10. The molecule has 0 bridgehead atoms. The van der Waals surface area contributed by atoms with Crippen LogP contribution in [0.4, 0.5) is 0 Å². The minimum absolute atomic E-state index is 0.00352. The van der Waals surface area contributed by atoms with Crippen molar-refractivity contribution in [2.24, 2.45) is 5.73 Å². The van der Waals surface area contributed by atoms with Crippen LogP contribution in [0.25, 0.3) is 0 Å². The second-order valence-corrected chi connectivity index (χ2v) is 2.86. The summed E-state index contributed by atoms with van der Waals surface area (Å²) in [5.74, 6) is 0. The van der Waals surface area contributed by atoms with Crippen molar-refractivity contribution in [1.82, 2.24) is 4.98 Å². The van der Waals surface area contributed by atoms with Crippen LogP contribution in [0.2, 0.25) is 0 Å². The van der Waals surface area contributed by atoms with Crippen LogP contribution in [0, 0.1) is 6.92 Å². The van der Waals surface area contributed by atoms with Gasteiger partial charge in [-0.1, -0.05) is 0 Å². The Morgan fingerprint density at radius 1 is 1.58 bits per heavy atom. The van der Waals surface area contributed by atoms with E-state index < -0.39 is 0 Å². The van der Waals surface area contributed by atoms with Crippen LogP contribution in [0.15, 0.2) is 12.4 Å². The summed E-state index contributed by atoms with van der Waals surface area (Å²) in [6, 6.07) is -0.00352. The van der Waals surface area contributed by atoms with Gasteiger partial charge in [0.1, 0.15) is 0 Å². The molecule has 1 aromatic rings. The molecule has 12 heavy (non-hydrogen) atoms. The van der Waals surface area contributed by atoms with Crippen LogP contribution < -0.4 is 5.73 Å². The first-order valence-corrected chi connectivity index (χ1v) is 4.22. The molecule has 1 rings (SSSR count). The van der Waals surface area contributed by atoms with Gasteiger partial charge in [0.05, 0.1) is 12.6 Å². The van der Waals surface area contributed by atoms with Crippen LogP contribution in [-0.2, 0) is 4.74 Å². The van der Waals surface area contributed by atoms with Crippen LogP contribution >= 0.6 is 0 Å². The summed E-state index contributed by atoms with van der Waals surface area (Å²) < 4.78 is 5.24. The highest BCUT2D eigenvalue weighted by molar-refractivity contribution is 5.24. The van der Waals surface area contributed by atoms with Crippen molar-refractivity contribution in [3.05, 3.63) is 23.5 Å². The highest BCUT2D eigenvalue weighted by atomic mass is 16.5. The molecular weight excluding hydrogens is 152 g/mol. The molecule has 68 valence electrons. The fourth-order valence-corrected chi connectivity index (χ4v) is 1.19. The molecule has 1 heterocycles. The van der Waals surface area contributed by atoms with Gasteiger partial charge in [0.15, 0.2) is 0 Å². The molecule has 1 aromatic heterocycles. The second kappa shape index (κ2) is 4.28. The van der Waals surface area contributed by atoms with E-state index in [4.69, 9.17) is 10.5 Å². The average molecular weight is 168 g/mol. The summed E-state index contributed by atoms with van der Waals surface area (Å²) in [6.07, 6.45) is 3.88. The average Bonchev–Trinajstić information content (AvgIpc) is 2.47. The summed E-state index contributed by atoms with van der Waals surface area (Å²) >= 11 is 0. The number of aryl methyl sites for hydroxylation is 1. The fraction of sp³-hybridized carbons (Fsp3) is 0.556. The lowest BCUT2D eigenvalue weighted by Crippen LogP contribution is -2.17. The molecule has 3 nitrogen and oxygen atoms in total. The molecule has 0 aromatic carbocycles. The number of nitrogens with two attached hydrogens (primary N) is 1. The third kappa shape index (κ3) is 2.09. The maximum absolute atomic E-state index is 5.88. The van der Waals surface area contributed by atoms with Crippen molar-refractivity contribution in [3.8, 4) is 0 Å². The van der Waals surface area contributed by atoms with Crippen molar-refractivity contribution in [2.45, 2.75) is 19.9 Å². The van der Waals surface area contributed by atoms with Crippen LogP contribution in [0.3, 0.4) is 0 Å².